The van der Waals surface area contributed by atoms with E-state index >= 15 is 0 Å². The predicted octanol–water partition coefficient (Wildman–Crippen LogP) is 4.94. The largest absolute Gasteiger partial charge is 0.393 e. The maximum absolute atomic E-state index is 10.2. The summed E-state index contributed by atoms with van der Waals surface area (Å²) in [4.78, 5) is 0. The topological polar surface area (TPSA) is 32.8 Å². The average molecular weight is 345 g/mol. The number of hydrogen-bond acceptors (Lipinski definition) is 2. The van der Waals surface area contributed by atoms with Crippen LogP contribution >= 0.6 is 0 Å². The van der Waals surface area contributed by atoms with Gasteiger partial charge in [-0.15, -0.1) is 0 Å². The van der Waals surface area contributed by atoms with E-state index in [0.717, 1.165) is 49.0 Å². The van der Waals surface area contributed by atoms with Crippen molar-refractivity contribution in [2.75, 3.05) is 6.61 Å². The highest BCUT2D eigenvalue weighted by Crippen LogP contribution is 2.73. The molecule has 2 nitrogen and oxygen atoms in total. The first-order chi connectivity index (χ1) is 12.1. The minimum Gasteiger partial charge on any atom is -0.393 e. The quantitative estimate of drug-likeness (QED) is 0.631. The first-order valence-corrected chi connectivity index (χ1v) is 11.4. The molecule has 9 atom stereocenters. The van der Waals surface area contributed by atoms with E-state index in [4.69, 9.17) is 4.74 Å². The van der Waals surface area contributed by atoms with Gasteiger partial charge in [0.05, 0.1) is 18.3 Å². The summed E-state index contributed by atoms with van der Waals surface area (Å²) in [6.07, 6.45) is 16.5. The summed E-state index contributed by atoms with van der Waals surface area (Å²) in [6, 6.07) is 0. The molecule has 1 N–H and O–H groups in total. The van der Waals surface area contributed by atoms with Crippen LogP contribution in [0.2, 0.25) is 0 Å². The van der Waals surface area contributed by atoms with Gasteiger partial charge < -0.3 is 9.84 Å². The molecule has 2 heteroatoms. The fourth-order valence-corrected chi connectivity index (χ4v) is 9.65. The first kappa shape index (κ1) is 15.9. The molecule has 5 aliphatic carbocycles. The molecule has 5 saturated carbocycles. The summed E-state index contributed by atoms with van der Waals surface area (Å²) in [6.45, 7) is 3.70. The van der Waals surface area contributed by atoms with Crippen LogP contribution in [0.3, 0.4) is 0 Å². The second-order valence-corrected chi connectivity index (χ2v) is 11.2. The van der Waals surface area contributed by atoms with Gasteiger partial charge in [-0.2, -0.15) is 0 Å². The SMILES string of the molecule is C[C@]12CC[C@@H](O)C[C@@H]1CC[C@H]1[C@@H]3CC[C@H]4C3(CCC[C@@]43CO3)CC[C@@H]12. The normalized spacial score (nSPS) is 62.6. The Kier molecular flexibility index (Phi) is 3.21. The average Bonchev–Trinajstić information content (AvgIpc) is 3.24. The van der Waals surface area contributed by atoms with Crippen LogP contribution in [0.1, 0.15) is 84.0 Å². The molecule has 1 saturated heterocycles. The van der Waals surface area contributed by atoms with Crippen LogP contribution < -0.4 is 0 Å². The van der Waals surface area contributed by atoms with Crippen LogP contribution in [0.25, 0.3) is 0 Å². The van der Waals surface area contributed by atoms with Gasteiger partial charge in [0.25, 0.3) is 0 Å². The monoisotopic (exact) mass is 344 g/mol. The van der Waals surface area contributed by atoms with Crippen LogP contribution in [0, 0.1) is 40.4 Å². The number of fused-ring (bicyclic) bond motifs is 5. The van der Waals surface area contributed by atoms with Crippen molar-refractivity contribution in [3.05, 3.63) is 0 Å². The summed E-state index contributed by atoms with van der Waals surface area (Å²) >= 11 is 0. The van der Waals surface area contributed by atoms with Gasteiger partial charge in [-0.05, 0) is 117 Å². The van der Waals surface area contributed by atoms with Crippen LogP contribution in [-0.2, 0) is 4.74 Å². The predicted molar refractivity (Wildman–Crippen MR) is 98.1 cm³/mol. The third-order valence-corrected chi connectivity index (χ3v) is 10.7. The number of aliphatic hydroxyl groups is 1. The third kappa shape index (κ3) is 1.94. The van der Waals surface area contributed by atoms with Crippen molar-refractivity contribution >= 4 is 0 Å². The molecule has 0 aromatic heterocycles. The van der Waals surface area contributed by atoms with Crippen molar-refractivity contribution in [1.82, 2.24) is 0 Å². The van der Waals surface area contributed by atoms with E-state index in [2.05, 4.69) is 6.92 Å². The standard InChI is InChI=1S/C23H36O2/c1-21-11-7-16(24)13-15(21)3-4-17-18(21)8-12-22-9-2-10-23(14-25-23)20(22)6-5-19(17)22/h15-20,24H,2-14H2,1H3/t15-,16+,17+,18-,19-,20-,21-,22?,23+/m0/s1. The summed E-state index contributed by atoms with van der Waals surface area (Å²) in [7, 11) is 0. The highest BCUT2D eigenvalue weighted by atomic mass is 16.6. The summed E-state index contributed by atoms with van der Waals surface area (Å²) < 4.78 is 6.12. The maximum atomic E-state index is 10.2. The zero-order chi connectivity index (χ0) is 16.9. The lowest BCUT2D eigenvalue weighted by atomic mass is 9.43. The maximum Gasteiger partial charge on any atom is 0.0949 e. The third-order valence-electron chi connectivity index (χ3n) is 10.7. The van der Waals surface area contributed by atoms with Gasteiger partial charge in [0, 0.05) is 0 Å². The Labute approximate surface area is 153 Å². The molecule has 0 amide bonds. The van der Waals surface area contributed by atoms with Crippen LogP contribution in [0.5, 0.6) is 0 Å². The fourth-order valence-electron chi connectivity index (χ4n) is 9.65. The molecule has 1 aliphatic heterocycles. The van der Waals surface area contributed by atoms with Crippen molar-refractivity contribution in [1.29, 1.82) is 0 Å². The van der Waals surface area contributed by atoms with Crippen molar-refractivity contribution in [3.8, 4) is 0 Å². The summed E-state index contributed by atoms with van der Waals surface area (Å²) in [5.41, 5.74) is 1.54. The van der Waals surface area contributed by atoms with Crippen molar-refractivity contribution in [2.45, 2.75) is 95.7 Å². The number of hydrogen-bond donors (Lipinski definition) is 1. The molecule has 0 aromatic rings. The van der Waals surface area contributed by atoms with E-state index < -0.39 is 0 Å². The van der Waals surface area contributed by atoms with E-state index in [1.165, 1.54) is 64.2 Å². The second-order valence-electron chi connectivity index (χ2n) is 11.2. The first-order valence-electron chi connectivity index (χ1n) is 11.4. The second kappa shape index (κ2) is 5.04. The Morgan fingerprint density at radius 2 is 1.76 bits per heavy atom. The lowest BCUT2D eigenvalue weighted by Gasteiger charge is -2.62. The molecule has 25 heavy (non-hydrogen) atoms. The number of rotatable bonds is 0. The highest BCUT2D eigenvalue weighted by molar-refractivity contribution is 5.18. The molecular formula is C23H36O2. The molecule has 1 heterocycles. The fraction of sp³-hybridized carbons (Fsp3) is 1.00. The molecule has 140 valence electrons. The van der Waals surface area contributed by atoms with E-state index in [1.807, 2.05) is 0 Å². The Hall–Kier alpha value is -0.0800. The van der Waals surface area contributed by atoms with E-state index in [-0.39, 0.29) is 6.10 Å². The molecule has 0 radical (unpaired) electrons. The van der Waals surface area contributed by atoms with Crippen LogP contribution in [0.15, 0.2) is 0 Å². The smallest absolute Gasteiger partial charge is 0.0949 e. The number of epoxide rings is 1. The van der Waals surface area contributed by atoms with Gasteiger partial charge in [0.2, 0.25) is 0 Å². The Morgan fingerprint density at radius 3 is 2.60 bits per heavy atom. The van der Waals surface area contributed by atoms with Crippen molar-refractivity contribution in [2.24, 2.45) is 40.4 Å². The molecule has 0 aromatic carbocycles. The molecule has 0 bridgehead atoms. The molecule has 2 spiro atoms. The minimum absolute atomic E-state index is 0.00867. The van der Waals surface area contributed by atoms with E-state index in [1.54, 1.807) is 0 Å². The molecule has 6 aliphatic rings. The Morgan fingerprint density at radius 1 is 0.880 bits per heavy atom. The minimum atomic E-state index is -0.00867. The summed E-state index contributed by atoms with van der Waals surface area (Å²) in [5.74, 6) is 4.64. The van der Waals surface area contributed by atoms with Gasteiger partial charge in [-0.3, -0.25) is 0 Å². The van der Waals surface area contributed by atoms with Crippen LogP contribution in [-0.4, -0.2) is 23.4 Å². The van der Waals surface area contributed by atoms with Gasteiger partial charge in [0.15, 0.2) is 0 Å². The van der Waals surface area contributed by atoms with Gasteiger partial charge in [-0.25, -0.2) is 0 Å². The van der Waals surface area contributed by atoms with Gasteiger partial charge in [0.1, 0.15) is 0 Å². The summed E-state index contributed by atoms with van der Waals surface area (Å²) in [5, 5.41) is 10.2. The zero-order valence-corrected chi connectivity index (χ0v) is 16.0. The molecular weight excluding hydrogens is 308 g/mol. The lowest BCUT2D eigenvalue weighted by Crippen LogP contribution is -2.56. The van der Waals surface area contributed by atoms with E-state index in [0.29, 0.717) is 16.4 Å². The van der Waals surface area contributed by atoms with E-state index in [9.17, 15) is 5.11 Å². The highest BCUT2D eigenvalue weighted by Gasteiger charge is 2.69. The zero-order valence-electron chi connectivity index (χ0n) is 16.0. The Bertz CT molecular complexity index is 568. The van der Waals surface area contributed by atoms with Crippen molar-refractivity contribution in [3.63, 3.8) is 0 Å². The van der Waals surface area contributed by atoms with Crippen LogP contribution in [0.4, 0.5) is 0 Å². The number of ether oxygens (including phenoxy) is 1. The number of aliphatic hydroxyl groups excluding tert-OH is 1. The molecule has 6 fully saturated rings. The molecule has 1 unspecified atom stereocenters. The van der Waals surface area contributed by atoms with Crippen molar-refractivity contribution < 1.29 is 9.84 Å². The lowest BCUT2D eigenvalue weighted by molar-refractivity contribution is -0.142. The van der Waals surface area contributed by atoms with Gasteiger partial charge in [-0.1, -0.05) is 6.92 Å². The Balaban J connectivity index is 1.33. The van der Waals surface area contributed by atoms with Gasteiger partial charge >= 0.3 is 0 Å². The molecule has 6 rings (SSSR count).